The molecule has 9 nitrogen and oxygen atoms in total. The van der Waals surface area contributed by atoms with Crippen LogP contribution in [0.2, 0.25) is 0 Å². The van der Waals surface area contributed by atoms with Crippen molar-refractivity contribution in [2.45, 2.75) is 32.4 Å². The van der Waals surface area contributed by atoms with Crippen molar-refractivity contribution in [3.05, 3.63) is 42.1 Å². The third-order valence-corrected chi connectivity index (χ3v) is 5.68. The summed E-state index contributed by atoms with van der Waals surface area (Å²) in [5, 5.41) is 16.2. The van der Waals surface area contributed by atoms with E-state index in [1.165, 1.54) is 6.92 Å². The summed E-state index contributed by atoms with van der Waals surface area (Å²) in [6.45, 7) is 4.06. The van der Waals surface area contributed by atoms with E-state index in [2.05, 4.69) is 36.1 Å². The number of anilines is 6. The van der Waals surface area contributed by atoms with Gasteiger partial charge in [0, 0.05) is 30.4 Å². The van der Waals surface area contributed by atoms with Crippen LogP contribution in [0, 0.1) is 12.8 Å². The number of nitrogens with one attached hydrogen (secondary N) is 4. The molecule has 0 unspecified atom stereocenters. The molecule has 1 amide bonds. The van der Waals surface area contributed by atoms with Crippen molar-refractivity contribution in [1.29, 1.82) is 0 Å². The van der Waals surface area contributed by atoms with Crippen LogP contribution in [0.5, 0.6) is 0 Å². The molecule has 1 saturated carbocycles. The average molecular weight is 436 g/mol. The molecule has 2 fully saturated rings. The van der Waals surface area contributed by atoms with Gasteiger partial charge in [0.05, 0.1) is 18.8 Å². The molecule has 1 aliphatic heterocycles. The molecule has 1 aromatic carbocycles. The lowest BCUT2D eigenvalue weighted by Crippen LogP contribution is -2.60. The van der Waals surface area contributed by atoms with E-state index < -0.39 is 5.67 Å². The molecule has 0 atom stereocenters. The maximum atomic E-state index is 14.9. The van der Waals surface area contributed by atoms with E-state index in [0.717, 1.165) is 24.2 Å². The monoisotopic (exact) mass is 436 g/mol. The first kappa shape index (κ1) is 20.2. The summed E-state index contributed by atoms with van der Waals surface area (Å²) in [7, 11) is 0. The van der Waals surface area contributed by atoms with Crippen LogP contribution in [0.4, 0.5) is 39.2 Å². The number of halogens is 1. The summed E-state index contributed by atoms with van der Waals surface area (Å²) in [4.78, 5) is 22.3. The van der Waals surface area contributed by atoms with E-state index in [-0.39, 0.29) is 11.8 Å². The number of aryl methyl sites for hydroxylation is 1. The summed E-state index contributed by atoms with van der Waals surface area (Å²) in [6, 6.07) is 10.9. The fourth-order valence-electron chi connectivity index (χ4n) is 3.92. The molecule has 0 radical (unpaired) electrons. The van der Waals surface area contributed by atoms with Gasteiger partial charge in [-0.25, -0.2) is 4.39 Å². The van der Waals surface area contributed by atoms with Crippen molar-refractivity contribution in [2.75, 3.05) is 33.9 Å². The Bertz CT molecular complexity index is 1140. The number of carbonyl (C=O) groups is 1. The van der Waals surface area contributed by atoms with Gasteiger partial charge in [-0.3, -0.25) is 9.89 Å². The Kier molecular flexibility index (Phi) is 4.91. The van der Waals surface area contributed by atoms with Crippen LogP contribution >= 0.6 is 0 Å². The lowest BCUT2D eigenvalue weighted by Gasteiger charge is -2.45. The quantitative estimate of drug-likeness (QED) is 0.445. The second-order valence-electron chi connectivity index (χ2n) is 8.53. The van der Waals surface area contributed by atoms with Crippen molar-refractivity contribution in [1.82, 2.24) is 20.2 Å². The Morgan fingerprint density at radius 2 is 1.84 bits per heavy atom. The number of nitrogens with zero attached hydrogens (tertiary/aromatic N) is 4. The normalized spacial score (nSPS) is 16.9. The van der Waals surface area contributed by atoms with Crippen molar-refractivity contribution in [3.63, 3.8) is 0 Å². The third-order valence-electron chi connectivity index (χ3n) is 5.68. The summed E-state index contributed by atoms with van der Waals surface area (Å²) in [5.74, 6) is 2.38. The molecule has 3 heterocycles. The molecule has 2 aromatic heterocycles. The van der Waals surface area contributed by atoms with Crippen LogP contribution in [0.1, 0.15) is 25.5 Å². The standard InChI is InChI=1S/C22H25FN8O/c1-13-9-19(30-29-13)26-18-10-20(31-11-22(23,12-31)15-3-4-15)28-21(27-18)25-17-7-5-16(6-8-17)24-14(2)32/h5-10,15H,3-4,11-12H2,1-2H3,(H,24,32)(H3,25,26,27,28,29,30). The SMILES string of the molecule is CC(=O)Nc1ccc(Nc2nc(Nc3cc(C)n[nH]3)cc(N3CC(F)(C4CC4)C3)n2)cc1. The predicted octanol–water partition coefficient (Wildman–Crippen LogP) is 3.89. The minimum absolute atomic E-state index is 0.129. The van der Waals surface area contributed by atoms with Crippen molar-refractivity contribution in [2.24, 2.45) is 5.92 Å². The molecule has 1 aliphatic carbocycles. The minimum atomic E-state index is -1.10. The van der Waals surface area contributed by atoms with Gasteiger partial charge in [0.25, 0.3) is 0 Å². The molecule has 10 heteroatoms. The Hall–Kier alpha value is -3.69. The van der Waals surface area contributed by atoms with Crippen molar-refractivity contribution < 1.29 is 9.18 Å². The van der Waals surface area contributed by atoms with E-state index in [1.54, 1.807) is 12.1 Å². The molecular formula is C22H25FN8O. The summed E-state index contributed by atoms with van der Waals surface area (Å²) < 4.78 is 14.9. The van der Waals surface area contributed by atoms with Crippen LogP contribution in [-0.4, -0.2) is 44.8 Å². The summed E-state index contributed by atoms with van der Waals surface area (Å²) >= 11 is 0. The number of carbonyl (C=O) groups excluding carboxylic acids is 1. The second kappa shape index (κ2) is 7.77. The molecule has 32 heavy (non-hydrogen) atoms. The first-order chi connectivity index (χ1) is 15.4. The van der Waals surface area contributed by atoms with Gasteiger partial charge < -0.3 is 20.9 Å². The highest BCUT2D eigenvalue weighted by Crippen LogP contribution is 2.48. The van der Waals surface area contributed by atoms with Crippen molar-refractivity contribution >= 4 is 40.7 Å². The number of hydrogen-bond donors (Lipinski definition) is 4. The fourth-order valence-corrected chi connectivity index (χ4v) is 3.92. The first-order valence-electron chi connectivity index (χ1n) is 10.6. The molecule has 0 spiro atoms. The largest absolute Gasteiger partial charge is 0.350 e. The van der Waals surface area contributed by atoms with E-state index in [0.29, 0.717) is 42.2 Å². The summed E-state index contributed by atoms with van der Waals surface area (Å²) in [6.07, 6.45) is 1.95. The smallest absolute Gasteiger partial charge is 0.231 e. The van der Waals surface area contributed by atoms with Gasteiger partial charge in [-0.2, -0.15) is 15.1 Å². The van der Waals surface area contributed by atoms with E-state index in [4.69, 9.17) is 0 Å². The van der Waals surface area contributed by atoms with E-state index >= 15 is 0 Å². The van der Waals surface area contributed by atoms with Gasteiger partial charge in [0.1, 0.15) is 23.1 Å². The lowest BCUT2D eigenvalue weighted by molar-refractivity contribution is -0.114. The number of rotatable bonds is 7. The molecule has 5 rings (SSSR count). The minimum Gasteiger partial charge on any atom is -0.350 e. The van der Waals surface area contributed by atoms with Crippen LogP contribution in [0.3, 0.4) is 0 Å². The fraction of sp³-hybridized carbons (Fsp3) is 0.364. The molecular weight excluding hydrogens is 411 g/mol. The highest BCUT2D eigenvalue weighted by molar-refractivity contribution is 5.88. The van der Waals surface area contributed by atoms with Crippen LogP contribution in [-0.2, 0) is 4.79 Å². The molecule has 0 bridgehead atoms. The maximum absolute atomic E-state index is 14.9. The topological polar surface area (TPSA) is 111 Å². The van der Waals surface area contributed by atoms with Crippen LogP contribution in [0.15, 0.2) is 36.4 Å². The number of alkyl halides is 1. The maximum Gasteiger partial charge on any atom is 0.231 e. The molecule has 4 N–H and O–H groups in total. The van der Waals surface area contributed by atoms with Gasteiger partial charge in [-0.05, 0) is 49.9 Å². The van der Waals surface area contributed by atoms with Crippen molar-refractivity contribution in [3.8, 4) is 0 Å². The number of aromatic nitrogens is 4. The predicted molar refractivity (Wildman–Crippen MR) is 121 cm³/mol. The molecule has 2 aliphatic rings. The number of aromatic amines is 1. The molecule has 166 valence electrons. The highest BCUT2D eigenvalue weighted by Gasteiger charge is 2.54. The third kappa shape index (κ3) is 4.34. The molecule has 3 aromatic rings. The Morgan fingerprint density at radius 1 is 1.12 bits per heavy atom. The van der Waals surface area contributed by atoms with Crippen LogP contribution < -0.4 is 20.9 Å². The zero-order valence-electron chi connectivity index (χ0n) is 17.9. The Balaban J connectivity index is 1.37. The van der Waals surface area contributed by atoms with E-state index in [1.807, 2.05) is 36.1 Å². The van der Waals surface area contributed by atoms with Gasteiger partial charge >= 0.3 is 0 Å². The lowest BCUT2D eigenvalue weighted by atomic mass is 9.91. The number of amides is 1. The van der Waals surface area contributed by atoms with Gasteiger partial charge in [-0.15, -0.1) is 0 Å². The number of H-pyrrole nitrogens is 1. The second-order valence-corrected chi connectivity index (χ2v) is 8.53. The van der Waals surface area contributed by atoms with Gasteiger partial charge in [0.15, 0.2) is 0 Å². The molecule has 1 saturated heterocycles. The Labute approximate surface area is 184 Å². The zero-order valence-corrected chi connectivity index (χ0v) is 17.9. The first-order valence-corrected chi connectivity index (χ1v) is 10.6. The Morgan fingerprint density at radius 3 is 2.47 bits per heavy atom. The number of benzene rings is 1. The number of hydrogen-bond acceptors (Lipinski definition) is 7. The van der Waals surface area contributed by atoms with Gasteiger partial charge in [-0.1, -0.05) is 0 Å². The summed E-state index contributed by atoms with van der Waals surface area (Å²) in [5.41, 5.74) is 1.22. The van der Waals surface area contributed by atoms with Crippen LogP contribution in [0.25, 0.3) is 0 Å². The van der Waals surface area contributed by atoms with Gasteiger partial charge in [0.2, 0.25) is 11.9 Å². The van der Waals surface area contributed by atoms with E-state index in [9.17, 15) is 9.18 Å². The highest BCUT2D eigenvalue weighted by atomic mass is 19.1. The average Bonchev–Trinajstić information content (AvgIpc) is 3.50. The zero-order chi connectivity index (χ0) is 22.3.